The van der Waals surface area contributed by atoms with E-state index in [1.165, 1.54) is 6.42 Å². The van der Waals surface area contributed by atoms with Gasteiger partial charge in [-0.25, -0.2) is 9.97 Å². The molecule has 4 nitrogen and oxygen atoms in total. The molecule has 1 saturated carbocycles. The van der Waals surface area contributed by atoms with Gasteiger partial charge < -0.3 is 4.74 Å². The van der Waals surface area contributed by atoms with E-state index in [1.54, 1.807) is 20.2 Å². The zero-order valence-electron chi connectivity index (χ0n) is 12.2. The minimum Gasteiger partial charge on any atom is -0.370 e. The lowest BCUT2D eigenvalue weighted by molar-refractivity contribution is -0.0647. The summed E-state index contributed by atoms with van der Waals surface area (Å²) in [7, 11) is 1.73. The van der Waals surface area contributed by atoms with Gasteiger partial charge in [-0.15, -0.1) is 0 Å². The first kappa shape index (κ1) is 14.1. The lowest BCUT2D eigenvalue weighted by Crippen LogP contribution is -2.36. The molecule has 1 heterocycles. The highest BCUT2D eigenvalue weighted by Crippen LogP contribution is 2.41. The fraction of sp³-hybridized carbons (Fsp3) is 0.667. The Labute approximate surface area is 114 Å². The summed E-state index contributed by atoms with van der Waals surface area (Å²) in [6, 6.07) is 0. The van der Waals surface area contributed by atoms with Gasteiger partial charge in [0, 0.05) is 13.3 Å². The van der Waals surface area contributed by atoms with Gasteiger partial charge >= 0.3 is 0 Å². The van der Waals surface area contributed by atoms with Crippen LogP contribution in [0, 0.1) is 12.8 Å². The van der Waals surface area contributed by atoms with Gasteiger partial charge in [0.1, 0.15) is 5.60 Å². The smallest absolute Gasteiger partial charge is 0.163 e. The van der Waals surface area contributed by atoms with Crippen molar-refractivity contribution in [1.82, 2.24) is 9.97 Å². The van der Waals surface area contributed by atoms with E-state index in [4.69, 9.17) is 4.74 Å². The van der Waals surface area contributed by atoms with E-state index in [-0.39, 0.29) is 11.4 Å². The zero-order valence-corrected chi connectivity index (χ0v) is 12.2. The van der Waals surface area contributed by atoms with Crippen molar-refractivity contribution in [3.8, 4) is 0 Å². The SMILES string of the molecule is COC1(c2ncc(C(C)=O)c(C)n2)CCCC(C)C1. The van der Waals surface area contributed by atoms with Crippen molar-refractivity contribution in [2.24, 2.45) is 5.92 Å². The molecule has 0 spiro atoms. The maximum atomic E-state index is 11.4. The van der Waals surface area contributed by atoms with Crippen LogP contribution in [0.15, 0.2) is 6.20 Å². The molecule has 0 aromatic carbocycles. The molecule has 4 heteroatoms. The normalized spacial score (nSPS) is 27.3. The van der Waals surface area contributed by atoms with Crippen molar-refractivity contribution in [3.05, 3.63) is 23.3 Å². The average molecular weight is 262 g/mol. The third kappa shape index (κ3) is 2.68. The van der Waals surface area contributed by atoms with Crippen molar-refractivity contribution in [2.75, 3.05) is 7.11 Å². The van der Waals surface area contributed by atoms with Crippen LogP contribution in [0.5, 0.6) is 0 Å². The number of hydrogen-bond acceptors (Lipinski definition) is 4. The summed E-state index contributed by atoms with van der Waals surface area (Å²) >= 11 is 0. The summed E-state index contributed by atoms with van der Waals surface area (Å²) < 4.78 is 5.78. The number of rotatable bonds is 3. The summed E-state index contributed by atoms with van der Waals surface area (Å²) in [6.07, 6.45) is 5.90. The molecule has 1 aromatic rings. The largest absolute Gasteiger partial charge is 0.370 e. The van der Waals surface area contributed by atoms with Crippen molar-refractivity contribution in [1.29, 1.82) is 0 Å². The fourth-order valence-electron chi connectivity index (χ4n) is 3.02. The molecular formula is C15H22N2O2. The molecule has 0 saturated heterocycles. The van der Waals surface area contributed by atoms with Crippen LogP contribution in [-0.4, -0.2) is 22.9 Å². The first-order valence-corrected chi connectivity index (χ1v) is 6.89. The van der Waals surface area contributed by atoms with Crippen molar-refractivity contribution >= 4 is 5.78 Å². The lowest BCUT2D eigenvalue weighted by atomic mass is 9.78. The second kappa shape index (κ2) is 5.37. The highest BCUT2D eigenvalue weighted by atomic mass is 16.5. The monoisotopic (exact) mass is 262 g/mol. The summed E-state index contributed by atoms with van der Waals surface area (Å²) in [5.74, 6) is 1.35. The average Bonchev–Trinajstić information content (AvgIpc) is 2.38. The van der Waals surface area contributed by atoms with Gasteiger partial charge in [-0.1, -0.05) is 13.3 Å². The molecule has 0 amide bonds. The van der Waals surface area contributed by atoms with E-state index >= 15 is 0 Å². The highest BCUT2D eigenvalue weighted by molar-refractivity contribution is 5.94. The van der Waals surface area contributed by atoms with Crippen LogP contribution in [-0.2, 0) is 10.3 Å². The van der Waals surface area contributed by atoms with Gasteiger partial charge in [0.05, 0.1) is 11.3 Å². The quantitative estimate of drug-likeness (QED) is 0.786. The molecule has 1 aliphatic rings. The predicted molar refractivity (Wildman–Crippen MR) is 73.1 cm³/mol. The Hall–Kier alpha value is -1.29. The third-order valence-electron chi connectivity index (χ3n) is 4.11. The molecule has 0 aliphatic heterocycles. The Morgan fingerprint density at radius 3 is 2.79 bits per heavy atom. The molecule has 0 radical (unpaired) electrons. The Morgan fingerprint density at radius 1 is 1.53 bits per heavy atom. The van der Waals surface area contributed by atoms with Crippen LogP contribution < -0.4 is 0 Å². The van der Waals surface area contributed by atoms with E-state index in [2.05, 4.69) is 16.9 Å². The summed E-state index contributed by atoms with van der Waals surface area (Å²) in [5, 5.41) is 0. The van der Waals surface area contributed by atoms with E-state index in [0.717, 1.165) is 30.8 Å². The number of ketones is 1. The van der Waals surface area contributed by atoms with Crippen LogP contribution >= 0.6 is 0 Å². The summed E-state index contributed by atoms with van der Waals surface area (Å²) in [6.45, 7) is 5.64. The molecule has 0 N–H and O–H groups in total. The number of nitrogens with zero attached hydrogens (tertiary/aromatic N) is 2. The zero-order chi connectivity index (χ0) is 14.0. The minimum absolute atomic E-state index is 0.00697. The van der Waals surface area contributed by atoms with Gasteiger partial charge in [-0.2, -0.15) is 0 Å². The van der Waals surface area contributed by atoms with Gasteiger partial charge in [-0.05, 0) is 39.0 Å². The van der Waals surface area contributed by atoms with Gasteiger partial charge in [0.2, 0.25) is 0 Å². The van der Waals surface area contributed by atoms with Crippen molar-refractivity contribution in [2.45, 2.75) is 52.1 Å². The lowest BCUT2D eigenvalue weighted by Gasteiger charge is -2.37. The number of methoxy groups -OCH3 is 1. The van der Waals surface area contributed by atoms with Gasteiger partial charge in [0.15, 0.2) is 11.6 Å². The maximum Gasteiger partial charge on any atom is 0.163 e. The molecular weight excluding hydrogens is 240 g/mol. The molecule has 2 unspecified atom stereocenters. The van der Waals surface area contributed by atoms with E-state index < -0.39 is 0 Å². The van der Waals surface area contributed by atoms with Gasteiger partial charge in [0.25, 0.3) is 0 Å². The fourth-order valence-corrected chi connectivity index (χ4v) is 3.02. The maximum absolute atomic E-state index is 11.4. The number of ether oxygens (including phenoxy) is 1. The number of hydrogen-bond donors (Lipinski definition) is 0. The van der Waals surface area contributed by atoms with Crippen molar-refractivity contribution in [3.63, 3.8) is 0 Å². The van der Waals surface area contributed by atoms with Crippen LogP contribution in [0.3, 0.4) is 0 Å². The first-order valence-electron chi connectivity index (χ1n) is 6.89. The Morgan fingerprint density at radius 2 is 2.26 bits per heavy atom. The highest BCUT2D eigenvalue weighted by Gasteiger charge is 2.39. The summed E-state index contributed by atoms with van der Waals surface area (Å²) in [5.41, 5.74) is 0.962. The van der Waals surface area contributed by atoms with Crippen LogP contribution in [0.25, 0.3) is 0 Å². The minimum atomic E-state index is -0.377. The molecule has 104 valence electrons. The number of aryl methyl sites for hydroxylation is 1. The molecule has 19 heavy (non-hydrogen) atoms. The predicted octanol–water partition coefficient (Wildman–Crippen LogP) is 3.04. The molecule has 2 rings (SSSR count). The Balaban J connectivity index is 2.38. The van der Waals surface area contributed by atoms with Gasteiger partial charge in [-0.3, -0.25) is 4.79 Å². The molecule has 1 aromatic heterocycles. The second-order valence-electron chi connectivity index (χ2n) is 5.65. The van der Waals surface area contributed by atoms with Crippen LogP contribution in [0.1, 0.15) is 61.4 Å². The Bertz CT molecular complexity index is 487. The van der Waals surface area contributed by atoms with Crippen LogP contribution in [0.2, 0.25) is 0 Å². The van der Waals surface area contributed by atoms with Crippen molar-refractivity contribution < 1.29 is 9.53 Å². The number of Topliss-reactive ketones (excluding diaryl/α,β-unsaturated/α-hetero) is 1. The molecule has 1 aliphatic carbocycles. The Kier molecular flexibility index (Phi) is 3.99. The number of carbonyl (C=O) groups is 1. The molecule has 2 atom stereocenters. The molecule has 0 bridgehead atoms. The van der Waals surface area contributed by atoms with E-state index in [9.17, 15) is 4.79 Å². The van der Waals surface area contributed by atoms with E-state index in [0.29, 0.717) is 11.5 Å². The van der Waals surface area contributed by atoms with E-state index in [1.807, 2.05) is 6.92 Å². The topological polar surface area (TPSA) is 52.1 Å². The third-order valence-corrected chi connectivity index (χ3v) is 4.11. The number of carbonyl (C=O) groups excluding carboxylic acids is 1. The molecule has 1 fully saturated rings. The van der Waals surface area contributed by atoms with Crippen LogP contribution in [0.4, 0.5) is 0 Å². The number of aromatic nitrogens is 2. The first-order chi connectivity index (χ1) is 8.98. The standard InChI is InChI=1S/C15H22N2O2/c1-10-6-5-7-15(8-10,19-4)14-16-9-13(12(3)18)11(2)17-14/h9-10H,5-8H2,1-4H3. The summed E-state index contributed by atoms with van der Waals surface area (Å²) in [4.78, 5) is 20.4. The second-order valence-corrected chi connectivity index (χ2v) is 5.65.